The molecule has 1 aliphatic heterocycles. The molecule has 0 amide bonds. The third-order valence-corrected chi connectivity index (χ3v) is 3.64. The Morgan fingerprint density at radius 1 is 1.44 bits per heavy atom. The van der Waals surface area contributed by atoms with Gasteiger partial charge in [0, 0.05) is 0 Å². The van der Waals surface area contributed by atoms with Crippen molar-refractivity contribution in [2.45, 2.75) is 26.2 Å². The van der Waals surface area contributed by atoms with Gasteiger partial charge in [0.2, 0.25) is 0 Å². The zero-order chi connectivity index (χ0) is 12.8. The van der Waals surface area contributed by atoms with Crippen molar-refractivity contribution in [2.75, 3.05) is 26.2 Å². The number of aryl methyl sites for hydroxylation is 1. The fourth-order valence-electron chi connectivity index (χ4n) is 2.50. The van der Waals surface area contributed by atoms with Gasteiger partial charge in [0.25, 0.3) is 0 Å². The van der Waals surface area contributed by atoms with E-state index >= 15 is 0 Å². The highest BCUT2D eigenvalue weighted by Gasteiger charge is 2.11. The molecule has 1 aromatic rings. The third-order valence-electron chi connectivity index (χ3n) is 3.64. The molecule has 2 rings (SSSR count). The van der Waals surface area contributed by atoms with Crippen LogP contribution < -0.4 is 10.6 Å². The highest BCUT2D eigenvalue weighted by atomic mass is 19.1. The topological polar surface area (TPSA) is 24.1 Å². The van der Waals surface area contributed by atoms with Gasteiger partial charge in [-0.25, -0.2) is 4.39 Å². The van der Waals surface area contributed by atoms with Gasteiger partial charge in [-0.2, -0.15) is 0 Å². The molecule has 0 bridgehead atoms. The molecule has 1 saturated heterocycles. The molecule has 18 heavy (non-hydrogen) atoms. The Hall–Kier alpha value is -0.930. The van der Waals surface area contributed by atoms with E-state index in [2.05, 4.69) is 10.6 Å². The number of piperidine rings is 1. The number of halogens is 1. The van der Waals surface area contributed by atoms with Gasteiger partial charge in [-0.15, -0.1) is 0 Å². The molecule has 100 valence electrons. The summed E-state index contributed by atoms with van der Waals surface area (Å²) in [5.41, 5.74) is 1.95. The summed E-state index contributed by atoms with van der Waals surface area (Å²) in [6, 6.07) is 5.39. The largest absolute Gasteiger partial charge is 0.316 e. The predicted octanol–water partition coefficient (Wildman–Crippen LogP) is 2.27. The van der Waals surface area contributed by atoms with E-state index in [0.717, 1.165) is 37.5 Å². The average Bonchev–Trinajstić information content (AvgIpc) is 2.40. The normalized spacial score (nSPS) is 20.0. The van der Waals surface area contributed by atoms with E-state index in [4.69, 9.17) is 0 Å². The first-order valence-electron chi connectivity index (χ1n) is 6.92. The highest BCUT2D eigenvalue weighted by Crippen LogP contribution is 2.10. The maximum Gasteiger partial charge on any atom is 0.126 e. The minimum absolute atomic E-state index is 0.111. The summed E-state index contributed by atoms with van der Waals surface area (Å²) >= 11 is 0. The Bertz CT molecular complexity index is 373. The molecule has 0 radical (unpaired) electrons. The molecule has 0 spiro atoms. The smallest absolute Gasteiger partial charge is 0.126 e. The van der Waals surface area contributed by atoms with Crippen molar-refractivity contribution >= 4 is 0 Å². The van der Waals surface area contributed by atoms with Crippen LogP contribution in [0, 0.1) is 18.7 Å². The summed E-state index contributed by atoms with van der Waals surface area (Å²) in [5.74, 6) is 0.661. The number of benzene rings is 1. The van der Waals surface area contributed by atoms with Crippen LogP contribution in [0.1, 0.15) is 24.0 Å². The van der Waals surface area contributed by atoms with Gasteiger partial charge in [-0.3, -0.25) is 0 Å². The van der Waals surface area contributed by atoms with Gasteiger partial charge in [0.15, 0.2) is 0 Å². The standard InChI is InChI=1S/C15H23FN2/c1-12-9-13(4-5-15(12)16)6-8-18-11-14-3-2-7-17-10-14/h4-5,9,14,17-18H,2-3,6-8,10-11H2,1H3. The molecular weight excluding hydrogens is 227 g/mol. The van der Waals surface area contributed by atoms with Crippen LogP contribution in [0.15, 0.2) is 18.2 Å². The van der Waals surface area contributed by atoms with Crippen LogP contribution in [-0.4, -0.2) is 26.2 Å². The third kappa shape index (κ3) is 4.07. The fraction of sp³-hybridized carbons (Fsp3) is 0.600. The molecular formula is C15H23FN2. The SMILES string of the molecule is Cc1cc(CCNCC2CCCNC2)ccc1F. The lowest BCUT2D eigenvalue weighted by molar-refractivity contribution is 0.361. The summed E-state index contributed by atoms with van der Waals surface area (Å²) in [5, 5.41) is 6.93. The number of nitrogens with one attached hydrogen (secondary N) is 2. The maximum atomic E-state index is 13.1. The molecule has 1 aliphatic rings. The highest BCUT2D eigenvalue weighted by molar-refractivity contribution is 5.24. The number of rotatable bonds is 5. The molecule has 1 unspecified atom stereocenters. The van der Waals surface area contributed by atoms with Crippen molar-refractivity contribution in [2.24, 2.45) is 5.92 Å². The first-order chi connectivity index (χ1) is 8.75. The van der Waals surface area contributed by atoms with E-state index in [1.165, 1.54) is 24.9 Å². The summed E-state index contributed by atoms with van der Waals surface area (Å²) in [7, 11) is 0. The van der Waals surface area contributed by atoms with Gasteiger partial charge >= 0.3 is 0 Å². The van der Waals surface area contributed by atoms with Crippen LogP contribution >= 0.6 is 0 Å². The zero-order valence-electron chi connectivity index (χ0n) is 11.1. The van der Waals surface area contributed by atoms with Crippen molar-refractivity contribution in [1.82, 2.24) is 10.6 Å². The van der Waals surface area contributed by atoms with E-state index in [1.54, 1.807) is 6.07 Å². The first kappa shape index (κ1) is 13.5. The quantitative estimate of drug-likeness (QED) is 0.783. The van der Waals surface area contributed by atoms with Crippen LogP contribution in [0.4, 0.5) is 4.39 Å². The zero-order valence-corrected chi connectivity index (χ0v) is 11.1. The Balaban J connectivity index is 1.66. The van der Waals surface area contributed by atoms with E-state index in [-0.39, 0.29) is 5.82 Å². The molecule has 1 fully saturated rings. The van der Waals surface area contributed by atoms with E-state index in [1.807, 2.05) is 19.1 Å². The fourth-order valence-corrected chi connectivity index (χ4v) is 2.50. The minimum atomic E-state index is -0.111. The lowest BCUT2D eigenvalue weighted by Crippen LogP contribution is -2.36. The van der Waals surface area contributed by atoms with E-state index < -0.39 is 0 Å². The molecule has 1 heterocycles. The van der Waals surface area contributed by atoms with E-state index in [0.29, 0.717) is 0 Å². The summed E-state index contributed by atoms with van der Waals surface area (Å²) in [6.07, 6.45) is 3.60. The summed E-state index contributed by atoms with van der Waals surface area (Å²) in [6.45, 7) is 6.20. The molecule has 3 heteroatoms. The Morgan fingerprint density at radius 2 is 2.33 bits per heavy atom. The van der Waals surface area contributed by atoms with Gasteiger partial charge in [-0.1, -0.05) is 12.1 Å². The van der Waals surface area contributed by atoms with Crippen LogP contribution in [-0.2, 0) is 6.42 Å². The van der Waals surface area contributed by atoms with Gasteiger partial charge in [0.05, 0.1) is 0 Å². The lowest BCUT2D eigenvalue weighted by Gasteiger charge is -2.22. The summed E-state index contributed by atoms with van der Waals surface area (Å²) < 4.78 is 13.1. The van der Waals surface area contributed by atoms with Crippen molar-refractivity contribution in [3.8, 4) is 0 Å². The maximum absolute atomic E-state index is 13.1. The van der Waals surface area contributed by atoms with Crippen LogP contribution in [0.2, 0.25) is 0 Å². The van der Waals surface area contributed by atoms with Crippen molar-refractivity contribution in [3.05, 3.63) is 35.1 Å². The van der Waals surface area contributed by atoms with Crippen molar-refractivity contribution in [3.63, 3.8) is 0 Å². The first-order valence-corrected chi connectivity index (χ1v) is 6.92. The van der Waals surface area contributed by atoms with E-state index in [9.17, 15) is 4.39 Å². The van der Waals surface area contributed by atoms with Crippen LogP contribution in [0.5, 0.6) is 0 Å². The van der Waals surface area contributed by atoms with Gasteiger partial charge < -0.3 is 10.6 Å². The van der Waals surface area contributed by atoms with Crippen molar-refractivity contribution in [1.29, 1.82) is 0 Å². The Kier molecular flexibility index (Phi) is 5.14. The number of hydrogen-bond donors (Lipinski definition) is 2. The molecule has 2 N–H and O–H groups in total. The monoisotopic (exact) mass is 250 g/mol. The average molecular weight is 250 g/mol. The second-order valence-electron chi connectivity index (χ2n) is 5.25. The molecule has 1 atom stereocenters. The number of hydrogen-bond acceptors (Lipinski definition) is 2. The van der Waals surface area contributed by atoms with Crippen LogP contribution in [0.3, 0.4) is 0 Å². The Morgan fingerprint density at radius 3 is 3.06 bits per heavy atom. The second-order valence-corrected chi connectivity index (χ2v) is 5.25. The molecule has 0 aliphatic carbocycles. The molecule has 0 saturated carbocycles. The van der Waals surface area contributed by atoms with Crippen molar-refractivity contribution < 1.29 is 4.39 Å². The lowest BCUT2D eigenvalue weighted by atomic mass is 10.00. The molecule has 2 nitrogen and oxygen atoms in total. The van der Waals surface area contributed by atoms with Gasteiger partial charge in [0.1, 0.15) is 5.82 Å². The summed E-state index contributed by atoms with van der Waals surface area (Å²) in [4.78, 5) is 0. The van der Waals surface area contributed by atoms with Gasteiger partial charge in [-0.05, 0) is 75.5 Å². The second kappa shape index (κ2) is 6.86. The van der Waals surface area contributed by atoms with Crippen LogP contribution in [0.25, 0.3) is 0 Å². The Labute approximate surface area is 109 Å². The molecule has 1 aromatic carbocycles. The minimum Gasteiger partial charge on any atom is -0.316 e. The predicted molar refractivity (Wildman–Crippen MR) is 73.3 cm³/mol. The molecule has 0 aromatic heterocycles.